The number of rotatable bonds is 5. The first-order valence-electron chi connectivity index (χ1n) is 8.42. The van der Waals surface area contributed by atoms with Gasteiger partial charge in [-0.05, 0) is 39.7 Å². The molecule has 0 aromatic heterocycles. The predicted molar refractivity (Wildman–Crippen MR) is 94.8 cm³/mol. The Labute approximate surface area is 156 Å². The van der Waals surface area contributed by atoms with Crippen LogP contribution in [0.5, 0.6) is 11.5 Å². The van der Waals surface area contributed by atoms with Crippen molar-refractivity contribution in [1.29, 1.82) is 0 Å². The Balaban J connectivity index is 1.86. The summed E-state index contributed by atoms with van der Waals surface area (Å²) in [5.74, 6) is -0.807. The summed E-state index contributed by atoms with van der Waals surface area (Å²) in [5, 5.41) is -3.17. The maximum atomic E-state index is 13.2. The lowest BCUT2D eigenvalue weighted by Crippen LogP contribution is -2.27. The van der Waals surface area contributed by atoms with Gasteiger partial charge in [-0.15, -0.1) is 0 Å². The molecule has 27 heavy (non-hydrogen) atoms. The molecular weight excluding hydrogens is 382 g/mol. The molecule has 1 heterocycles. The van der Waals surface area contributed by atoms with Gasteiger partial charge in [-0.1, -0.05) is 0 Å². The van der Waals surface area contributed by atoms with E-state index in [2.05, 4.69) is 0 Å². The second kappa shape index (κ2) is 6.47. The lowest BCUT2D eigenvalue weighted by molar-refractivity contribution is -0.157. The number of fused-ring (bicyclic) bond motifs is 1. The number of carbonyl (C=O) groups is 2. The number of Topliss-reactive ketones (excluding diaryl/α,β-unsaturated/α-hetero) is 1. The van der Waals surface area contributed by atoms with Crippen LogP contribution in [0, 0.1) is 0 Å². The van der Waals surface area contributed by atoms with Crippen molar-refractivity contribution in [1.82, 2.24) is 0 Å². The number of benzene rings is 1. The third-order valence-electron chi connectivity index (χ3n) is 3.91. The molecule has 0 spiro atoms. The summed E-state index contributed by atoms with van der Waals surface area (Å²) in [4.78, 5) is 24.1. The van der Waals surface area contributed by atoms with E-state index in [1.54, 1.807) is 20.8 Å². The van der Waals surface area contributed by atoms with E-state index >= 15 is 0 Å². The monoisotopic (exact) mass is 402 g/mol. The maximum absolute atomic E-state index is 13.2. The predicted octanol–water partition coefficient (Wildman–Crippen LogP) is 2.91. The Kier molecular flexibility index (Phi) is 4.70. The molecule has 1 unspecified atom stereocenters. The van der Waals surface area contributed by atoms with Gasteiger partial charge in [0.2, 0.25) is 0 Å². The summed E-state index contributed by atoms with van der Waals surface area (Å²) in [5.41, 5.74) is 0.153. The zero-order valence-corrected chi connectivity index (χ0v) is 16.0. The molecule has 0 saturated carbocycles. The molecule has 2 aliphatic rings. The van der Waals surface area contributed by atoms with Gasteiger partial charge in [0.05, 0.1) is 5.37 Å². The van der Waals surface area contributed by atoms with E-state index in [9.17, 15) is 22.6 Å². The zero-order chi connectivity index (χ0) is 20.0. The van der Waals surface area contributed by atoms with Gasteiger partial charge < -0.3 is 13.7 Å². The van der Waals surface area contributed by atoms with Gasteiger partial charge in [-0.2, -0.15) is 8.78 Å². The van der Waals surface area contributed by atoms with E-state index in [0.717, 1.165) is 0 Å². The van der Waals surface area contributed by atoms with Gasteiger partial charge in [0.25, 0.3) is 0 Å². The molecule has 0 amide bonds. The van der Waals surface area contributed by atoms with E-state index in [4.69, 9.17) is 13.7 Å². The van der Waals surface area contributed by atoms with Crippen LogP contribution in [0.4, 0.5) is 8.78 Å². The van der Waals surface area contributed by atoms with Crippen LogP contribution in [0.3, 0.4) is 0 Å². The second-order valence-electron chi connectivity index (χ2n) is 7.41. The Hall–Kier alpha value is -2.16. The fourth-order valence-corrected chi connectivity index (χ4v) is 3.84. The summed E-state index contributed by atoms with van der Waals surface area (Å²) >= 11 is 0. The summed E-state index contributed by atoms with van der Waals surface area (Å²) in [6, 6.07) is 2.57. The average molecular weight is 402 g/mol. The molecule has 0 bridgehead atoms. The molecule has 1 aliphatic heterocycles. The van der Waals surface area contributed by atoms with Gasteiger partial charge in [0.1, 0.15) is 17.1 Å². The number of esters is 1. The maximum Gasteiger partial charge on any atom is 0.374 e. The second-order valence-corrected chi connectivity index (χ2v) is 9.44. The Morgan fingerprint density at radius 1 is 1.26 bits per heavy atom. The Morgan fingerprint density at radius 2 is 1.93 bits per heavy atom. The highest BCUT2D eigenvalue weighted by molar-refractivity contribution is 8.07. The largest absolute Gasteiger partial charge is 0.481 e. The number of halogens is 2. The van der Waals surface area contributed by atoms with Crippen LogP contribution in [0.2, 0.25) is 0 Å². The highest BCUT2D eigenvalue weighted by Crippen LogP contribution is 2.39. The van der Waals surface area contributed by atoms with Gasteiger partial charge >= 0.3 is 11.2 Å². The van der Waals surface area contributed by atoms with Crippen molar-refractivity contribution in [2.24, 2.45) is 0 Å². The van der Waals surface area contributed by atoms with Crippen molar-refractivity contribution in [2.45, 2.75) is 50.9 Å². The Bertz CT molecular complexity index is 923. The van der Waals surface area contributed by atoms with Crippen molar-refractivity contribution >= 4 is 26.9 Å². The fraction of sp³-hybridized carbons (Fsp3) is 0.500. The van der Waals surface area contributed by atoms with Gasteiger partial charge in [-0.3, -0.25) is 4.79 Å². The molecular formula is C18H20F2O6S. The topological polar surface area (TPSA) is 78.9 Å². The van der Waals surface area contributed by atoms with Crippen LogP contribution in [0.1, 0.15) is 49.5 Å². The lowest BCUT2D eigenvalue weighted by Gasteiger charge is -2.22. The highest BCUT2D eigenvalue weighted by atomic mass is 32.2. The van der Waals surface area contributed by atoms with Crippen LogP contribution in [-0.2, 0) is 25.8 Å². The first-order chi connectivity index (χ1) is 12.4. The van der Waals surface area contributed by atoms with E-state index in [0.29, 0.717) is 30.2 Å². The van der Waals surface area contributed by atoms with Crippen LogP contribution in [0.25, 0.3) is 0 Å². The SMILES string of the molecule is CC(C)(C)OC(=O)COc1cc(OS2(=O)=CC2(F)F)cc2c1CCCC2=O. The van der Waals surface area contributed by atoms with Crippen LogP contribution >= 0.6 is 0 Å². The number of hydrogen-bond acceptors (Lipinski definition) is 6. The first-order valence-corrected chi connectivity index (χ1v) is 9.96. The Morgan fingerprint density at radius 3 is 2.52 bits per heavy atom. The summed E-state index contributed by atoms with van der Waals surface area (Å²) in [6.07, 6.45) is 1.44. The summed E-state index contributed by atoms with van der Waals surface area (Å²) in [7, 11) is -3.89. The van der Waals surface area contributed by atoms with Crippen LogP contribution < -0.4 is 8.92 Å². The number of alkyl halides is 2. The molecule has 1 atom stereocenters. The molecule has 0 N–H and O–H groups in total. The lowest BCUT2D eigenvalue weighted by atomic mass is 9.90. The highest BCUT2D eigenvalue weighted by Gasteiger charge is 2.57. The van der Waals surface area contributed by atoms with Gasteiger partial charge in [0.15, 0.2) is 22.2 Å². The molecule has 1 aromatic rings. The first kappa shape index (κ1) is 19.6. The van der Waals surface area contributed by atoms with E-state index < -0.39 is 33.2 Å². The number of carbonyl (C=O) groups excluding carboxylic acids is 2. The van der Waals surface area contributed by atoms with E-state index in [-0.39, 0.29) is 22.8 Å². The normalized spacial score (nSPS) is 23.1. The molecule has 9 heteroatoms. The van der Waals surface area contributed by atoms with E-state index in [1.807, 2.05) is 0 Å². The number of ether oxygens (including phenoxy) is 2. The molecule has 0 fully saturated rings. The summed E-state index contributed by atoms with van der Waals surface area (Å²) < 4.78 is 53.8. The minimum atomic E-state index is -3.89. The molecule has 0 saturated heterocycles. The van der Waals surface area contributed by atoms with Crippen LogP contribution in [-0.4, -0.2) is 38.8 Å². The van der Waals surface area contributed by atoms with Crippen molar-refractivity contribution in [2.75, 3.05) is 6.61 Å². The third-order valence-corrected chi connectivity index (χ3v) is 5.58. The molecule has 0 radical (unpaired) electrons. The minimum Gasteiger partial charge on any atom is -0.481 e. The fourth-order valence-electron chi connectivity index (χ4n) is 2.75. The minimum absolute atomic E-state index is 0.161. The third kappa shape index (κ3) is 4.23. The molecule has 1 aliphatic carbocycles. The van der Waals surface area contributed by atoms with Crippen molar-refractivity contribution in [3.8, 4) is 11.5 Å². The van der Waals surface area contributed by atoms with Crippen molar-refractivity contribution in [3.05, 3.63) is 23.3 Å². The smallest absolute Gasteiger partial charge is 0.374 e. The van der Waals surface area contributed by atoms with Crippen molar-refractivity contribution in [3.63, 3.8) is 0 Å². The zero-order valence-electron chi connectivity index (χ0n) is 15.2. The van der Waals surface area contributed by atoms with Crippen molar-refractivity contribution < 1.29 is 36.2 Å². The molecule has 148 valence electrons. The number of hydrogen-bond donors (Lipinski definition) is 0. The average Bonchev–Trinajstić information content (AvgIpc) is 3.01. The van der Waals surface area contributed by atoms with Gasteiger partial charge in [0, 0.05) is 23.6 Å². The standard InChI is InChI=1S/C18H20F2O6S/c1-17(2,3)25-16(22)9-24-15-8-11(26-27(23)10-18(27,19)20)7-13-12(15)5-4-6-14(13)21/h7-8,10H,4-6,9H2,1-3H3. The number of ketones is 1. The van der Waals surface area contributed by atoms with E-state index in [1.165, 1.54) is 12.1 Å². The molecule has 3 rings (SSSR count). The summed E-state index contributed by atoms with van der Waals surface area (Å²) in [6.45, 7) is 4.72. The quantitative estimate of drug-likeness (QED) is 0.557. The molecule has 6 nitrogen and oxygen atoms in total. The van der Waals surface area contributed by atoms with Crippen LogP contribution in [0.15, 0.2) is 12.1 Å². The molecule has 1 aromatic carbocycles. The van der Waals surface area contributed by atoms with Gasteiger partial charge in [-0.25, -0.2) is 9.00 Å².